The maximum Gasteiger partial charge on any atom is 0.181 e. The van der Waals surface area contributed by atoms with Crippen molar-refractivity contribution in [3.63, 3.8) is 0 Å². The van der Waals surface area contributed by atoms with Gasteiger partial charge in [-0.1, -0.05) is 53.5 Å². The van der Waals surface area contributed by atoms with Crippen LogP contribution in [0.3, 0.4) is 0 Å². The minimum atomic E-state index is -3.71. The number of sulfone groups is 1. The fourth-order valence-corrected chi connectivity index (χ4v) is 4.18. The van der Waals surface area contributed by atoms with E-state index >= 15 is 0 Å². The molecule has 0 fully saturated rings. The minimum Gasteiger partial charge on any atom is -0.224 e. The quantitative estimate of drug-likeness (QED) is 0.843. The Balaban J connectivity index is 2.37. The molecule has 3 nitrogen and oxygen atoms in total. The van der Waals surface area contributed by atoms with Crippen molar-refractivity contribution in [2.45, 2.75) is 10.8 Å². The Morgan fingerprint density at radius 2 is 1.76 bits per heavy atom. The molecule has 108 valence electrons. The lowest BCUT2D eigenvalue weighted by Gasteiger charge is -2.11. The summed E-state index contributed by atoms with van der Waals surface area (Å²) in [4.78, 5) is -0.0483. The fourth-order valence-electron chi connectivity index (χ4n) is 1.92. The lowest BCUT2D eigenvalue weighted by atomic mass is 10.0. The van der Waals surface area contributed by atoms with E-state index in [1.54, 1.807) is 30.3 Å². The van der Waals surface area contributed by atoms with Gasteiger partial charge in [-0.15, -0.1) is 0 Å². The number of halogens is 2. The summed E-state index contributed by atoms with van der Waals surface area (Å²) in [6.07, 6.45) is 0. The van der Waals surface area contributed by atoms with Gasteiger partial charge in [0, 0.05) is 5.02 Å². The average molecular weight is 340 g/mol. The molecule has 0 saturated heterocycles. The van der Waals surface area contributed by atoms with Gasteiger partial charge >= 0.3 is 0 Å². The second-order valence-electron chi connectivity index (χ2n) is 4.45. The monoisotopic (exact) mass is 339 g/mol. The summed E-state index contributed by atoms with van der Waals surface area (Å²) < 4.78 is 24.9. The molecule has 0 spiro atoms. The van der Waals surface area contributed by atoms with E-state index in [1.807, 2.05) is 6.07 Å². The molecular weight excluding hydrogens is 329 g/mol. The predicted molar refractivity (Wildman–Crippen MR) is 83.3 cm³/mol. The van der Waals surface area contributed by atoms with Crippen LogP contribution in [-0.2, 0) is 9.84 Å². The normalized spacial score (nSPS) is 12.6. The van der Waals surface area contributed by atoms with Crippen LogP contribution >= 0.6 is 23.2 Å². The van der Waals surface area contributed by atoms with Crippen LogP contribution in [0.4, 0.5) is 0 Å². The lowest BCUT2D eigenvalue weighted by molar-refractivity contribution is 0.593. The number of nitrogens with zero attached hydrogens (tertiary/aromatic N) is 1. The highest BCUT2D eigenvalue weighted by Crippen LogP contribution is 2.28. The van der Waals surface area contributed by atoms with E-state index in [-0.39, 0.29) is 20.7 Å². The molecule has 2 rings (SSSR count). The van der Waals surface area contributed by atoms with Crippen LogP contribution in [0.2, 0.25) is 10.0 Å². The second kappa shape index (κ2) is 6.48. The highest BCUT2D eigenvalue weighted by molar-refractivity contribution is 7.91. The maximum atomic E-state index is 12.5. The van der Waals surface area contributed by atoms with Crippen LogP contribution in [0.1, 0.15) is 11.5 Å². The first-order valence-electron chi connectivity index (χ1n) is 6.06. The zero-order valence-corrected chi connectivity index (χ0v) is 13.2. The van der Waals surface area contributed by atoms with Crippen LogP contribution in [0.5, 0.6) is 0 Å². The maximum absolute atomic E-state index is 12.5. The summed E-state index contributed by atoms with van der Waals surface area (Å²) in [5.41, 5.74) is 0.654. The Bertz CT molecular complexity index is 783. The van der Waals surface area contributed by atoms with Crippen LogP contribution < -0.4 is 0 Å². The molecule has 0 radical (unpaired) electrons. The third kappa shape index (κ3) is 3.76. The van der Waals surface area contributed by atoms with E-state index in [0.29, 0.717) is 5.56 Å². The van der Waals surface area contributed by atoms with Crippen molar-refractivity contribution in [2.75, 3.05) is 5.75 Å². The zero-order chi connectivity index (χ0) is 15.5. The first-order valence-corrected chi connectivity index (χ1v) is 8.47. The molecule has 2 aromatic carbocycles. The van der Waals surface area contributed by atoms with E-state index < -0.39 is 15.8 Å². The highest BCUT2D eigenvalue weighted by atomic mass is 35.5. The second-order valence-corrected chi connectivity index (χ2v) is 7.29. The Morgan fingerprint density at radius 1 is 1.10 bits per heavy atom. The molecule has 0 saturated carbocycles. The lowest BCUT2D eigenvalue weighted by Crippen LogP contribution is -2.14. The predicted octanol–water partition coefficient (Wildman–Crippen LogP) is 4.07. The smallest absolute Gasteiger partial charge is 0.181 e. The van der Waals surface area contributed by atoms with Gasteiger partial charge in [0.2, 0.25) is 0 Å². The van der Waals surface area contributed by atoms with Gasteiger partial charge < -0.3 is 0 Å². The first kappa shape index (κ1) is 15.8. The van der Waals surface area contributed by atoms with Gasteiger partial charge in [0.25, 0.3) is 0 Å². The minimum absolute atomic E-state index is 0.0483. The van der Waals surface area contributed by atoms with Gasteiger partial charge in [0.1, 0.15) is 0 Å². The van der Waals surface area contributed by atoms with Crippen molar-refractivity contribution in [3.05, 3.63) is 64.1 Å². The summed E-state index contributed by atoms with van der Waals surface area (Å²) in [5.74, 6) is -1.10. The molecule has 0 aromatic heterocycles. The zero-order valence-electron chi connectivity index (χ0n) is 10.8. The van der Waals surface area contributed by atoms with Gasteiger partial charge in [-0.25, -0.2) is 8.42 Å². The van der Waals surface area contributed by atoms with Crippen molar-refractivity contribution in [1.82, 2.24) is 0 Å². The van der Waals surface area contributed by atoms with Gasteiger partial charge in [-0.05, 0) is 23.8 Å². The highest BCUT2D eigenvalue weighted by Gasteiger charge is 2.24. The molecular formula is C15H11Cl2NO2S. The summed E-state index contributed by atoms with van der Waals surface area (Å²) in [5, 5.41) is 9.62. The number of hydrogen-bond acceptors (Lipinski definition) is 3. The van der Waals surface area contributed by atoms with Crippen LogP contribution in [0.25, 0.3) is 0 Å². The van der Waals surface area contributed by atoms with E-state index in [2.05, 4.69) is 0 Å². The molecule has 1 atom stereocenters. The van der Waals surface area contributed by atoms with Crippen LogP contribution in [0, 0.1) is 11.3 Å². The third-order valence-electron chi connectivity index (χ3n) is 2.97. The first-order chi connectivity index (χ1) is 9.94. The van der Waals surface area contributed by atoms with E-state index in [0.717, 1.165) is 0 Å². The topological polar surface area (TPSA) is 57.9 Å². The molecule has 0 N–H and O–H groups in total. The number of benzene rings is 2. The van der Waals surface area contributed by atoms with Gasteiger partial charge in [0.05, 0.1) is 27.7 Å². The molecule has 21 heavy (non-hydrogen) atoms. The molecule has 0 heterocycles. The van der Waals surface area contributed by atoms with Crippen LogP contribution in [0.15, 0.2) is 53.4 Å². The summed E-state index contributed by atoms with van der Waals surface area (Å²) in [6, 6.07) is 15.1. The van der Waals surface area contributed by atoms with Crippen LogP contribution in [-0.4, -0.2) is 14.2 Å². The van der Waals surface area contributed by atoms with E-state index in [9.17, 15) is 13.7 Å². The van der Waals surface area contributed by atoms with Gasteiger partial charge in [-0.2, -0.15) is 5.26 Å². The summed E-state index contributed by atoms with van der Waals surface area (Å²) >= 11 is 11.8. The fraction of sp³-hybridized carbons (Fsp3) is 0.133. The van der Waals surface area contributed by atoms with Gasteiger partial charge in [0.15, 0.2) is 9.84 Å². The SMILES string of the molecule is N#CC(CS(=O)(=O)c1cc(Cl)ccc1Cl)c1ccccc1. The van der Waals surface area contributed by atoms with Gasteiger partial charge in [-0.3, -0.25) is 0 Å². The van der Waals surface area contributed by atoms with Crippen molar-refractivity contribution in [2.24, 2.45) is 0 Å². The summed E-state index contributed by atoms with van der Waals surface area (Å²) in [6.45, 7) is 0. The molecule has 6 heteroatoms. The third-order valence-corrected chi connectivity index (χ3v) is 5.43. The standard InChI is InChI=1S/C15H11Cl2NO2S/c16-13-6-7-14(17)15(8-13)21(19,20)10-12(9-18)11-4-2-1-3-5-11/h1-8,12H,10H2. The van der Waals surface area contributed by atoms with E-state index in [1.165, 1.54) is 18.2 Å². The Morgan fingerprint density at radius 3 is 2.38 bits per heavy atom. The molecule has 2 aromatic rings. The number of rotatable bonds is 4. The molecule has 0 aliphatic carbocycles. The summed E-state index contributed by atoms with van der Waals surface area (Å²) in [7, 11) is -3.71. The van der Waals surface area contributed by atoms with Crippen molar-refractivity contribution in [1.29, 1.82) is 5.26 Å². The van der Waals surface area contributed by atoms with Crippen molar-refractivity contribution < 1.29 is 8.42 Å². The molecule has 0 aliphatic heterocycles. The molecule has 0 bridgehead atoms. The Kier molecular flexibility index (Phi) is 4.89. The van der Waals surface area contributed by atoms with E-state index in [4.69, 9.17) is 23.2 Å². The average Bonchev–Trinajstić information content (AvgIpc) is 2.48. The largest absolute Gasteiger partial charge is 0.224 e. The molecule has 0 amide bonds. The molecule has 1 unspecified atom stereocenters. The Labute approximate surface area is 133 Å². The molecule has 0 aliphatic rings. The number of nitriles is 1. The number of hydrogen-bond donors (Lipinski definition) is 0. The van der Waals surface area contributed by atoms with Crippen molar-refractivity contribution >= 4 is 33.0 Å². The Hall–Kier alpha value is -1.54. The van der Waals surface area contributed by atoms with Crippen molar-refractivity contribution in [3.8, 4) is 6.07 Å².